The molecule has 1 aliphatic rings. The highest BCUT2D eigenvalue weighted by atomic mass is 16.2. The lowest BCUT2D eigenvalue weighted by Crippen LogP contribution is -2.38. The highest BCUT2D eigenvalue weighted by molar-refractivity contribution is 5.98. The van der Waals surface area contributed by atoms with Crippen LogP contribution in [-0.4, -0.2) is 36.5 Å². The zero-order valence-electron chi connectivity index (χ0n) is 17.8. The average Bonchev–Trinajstić information content (AvgIpc) is 2.75. The maximum Gasteiger partial charge on any atom is 0.319 e. The maximum absolute atomic E-state index is 13.2. The fraction of sp³-hybridized carbons (Fsp3) is 0.375. The molecule has 156 valence electrons. The van der Waals surface area contributed by atoms with Crippen LogP contribution in [-0.2, 0) is 0 Å². The Hall–Kier alpha value is -3.33. The van der Waals surface area contributed by atoms with E-state index in [9.17, 15) is 9.59 Å². The van der Waals surface area contributed by atoms with Gasteiger partial charge in [0.15, 0.2) is 0 Å². The Labute approximate surface area is 177 Å². The van der Waals surface area contributed by atoms with Crippen molar-refractivity contribution in [3.05, 3.63) is 64.2 Å². The average molecular weight is 405 g/mol. The van der Waals surface area contributed by atoms with E-state index < -0.39 is 0 Å². The molecule has 3 rings (SSSR count). The van der Waals surface area contributed by atoms with Crippen LogP contribution in [0.25, 0.3) is 0 Å². The zero-order valence-corrected chi connectivity index (χ0v) is 17.8. The van der Waals surface area contributed by atoms with Crippen LogP contribution in [0.3, 0.4) is 0 Å². The third-order valence-electron chi connectivity index (χ3n) is 5.68. The van der Waals surface area contributed by atoms with Crippen molar-refractivity contribution in [1.82, 2.24) is 10.2 Å². The van der Waals surface area contributed by atoms with Crippen LogP contribution in [0, 0.1) is 25.2 Å². The molecule has 0 bridgehead atoms. The number of piperidine rings is 1. The Morgan fingerprint density at radius 1 is 1.10 bits per heavy atom. The number of aryl methyl sites for hydroxylation is 2. The molecule has 6 heteroatoms. The molecule has 2 N–H and O–H groups in total. The molecule has 0 atom stereocenters. The Morgan fingerprint density at radius 3 is 2.37 bits per heavy atom. The van der Waals surface area contributed by atoms with Crippen LogP contribution in [0.4, 0.5) is 10.5 Å². The van der Waals surface area contributed by atoms with Crippen molar-refractivity contribution in [2.75, 3.05) is 25.0 Å². The minimum atomic E-state index is -0.272. The molecule has 0 aliphatic carbocycles. The van der Waals surface area contributed by atoms with Crippen molar-refractivity contribution in [2.24, 2.45) is 0 Å². The number of nitrogens with one attached hydrogen (secondary N) is 2. The number of nitrogens with zero attached hydrogens (tertiary/aromatic N) is 2. The highest BCUT2D eigenvalue weighted by Crippen LogP contribution is 2.30. The number of urea groups is 1. The lowest BCUT2D eigenvalue weighted by molar-refractivity contribution is 0.0712. The van der Waals surface area contributed by atoms with Gasteiger partial charge in [0.1, 0.15) is 0 Å². The Kier molecular flexibility index (Phi) is 6.73. The summed E-state index contributed by atoms with van der Waals surface area (Å²) in [4.78, 5) is 27.0. The smallest absolute Gasteiger partial charge is 0.319 e. The largest absolute Gasteiger partial charge is 0.339 e. The SMILES string of the molecule is CCNC(=O)Nc1cc(C(=O)N2CCC(c3ccc(C#N)cc3)CC2)c(C)cc1C. The Balaban J connectivity index is 1.69. The second kappa shape index (κ2) is 9.45. The number of carbonyl (C=O) groups is 2. The predicted octanol–water partition coefficient (Wildman–Crippen LogP) is 4.34. The summed E-state index contributed by atoms with van der Waals surface area (Å²) >= 11 is 0. The van der Waals surface area contributed by atoms with Gasteiger partial charge in [-0.3, -0.25) is 4.79 Å². The summed E-state index contributed by atoms with van der Waals surface area (Å²) in [5, 5.41) is 14.5. The summed E-state index contributed by atoms with van der Waals surface area (Å²) in [5.41, 5.74) is 5.01. The number of rotatable bonds is 4. The normalized spacial score (nSPS) is 14.1. The van der Waals surface area contributed by atoms with Crippen molar-refractivity contribution in [1.29, 1.82) is 5.26 Å². The molecule has 30 heavy (non-hydrogen) atoms. The third-order valence-corrected chi connectivity index (χ3v) is 5.68. The molecule has 2 aromatic rings. The third kappa shape index (κ3) is 4.80. The second-order valence-corrected chi connectivity index (χ2v) is 7.77. The zero-order chi connectivity index (χ0) is 21.7. The van der Waals surface area contributed by atoms with Crippen LogP contribution in [0.15, 0.2) is 36.4 Å². The van der Waals surface area contributed by atoms with Gasteiger partial charge in [0.2, 0.25) is 0 Å². The quantitative estimate of drug-likeness (QED) is 0.795. The number of hydrogen-bond donors (Lipinski definition) is 2. The van der Waals surface area contributed by atoms with Crippen LogP contribution in [0.2, 0.25) is 0 Å². The van der Waals surface area contributed by atoms with Gasteiger partial charge in [-0.25, -0.2) is 4.79 Å². The summed E-state index contributed by atoms with van der Waals surface area (Å²) in [6.45, 7) is 7.63. The summed E-state index contributed by atoms with van der Waals surface area (Å²) < 4.78 is 0. The van der Waals surface area contributed by atoms with E-state index in [0.717, 1.165) is 24.0 Å². The first-order chi connectivity index (χ1) is 14.4. The first kappa shape index (κ1) is 21.4. The van der Waals surface area contributed by atoms with Crippen molar-refractivity contribution in [3.8, 4) is 6.07 Å². The number of benzene rings is 2. The van der Waals surface area contributed by atoms with E-state index in [1.165, 1.54) is 5.56 Å². The van der Waals surface area contributed by atoms with E-state index in [2.05, 4.69) is 16.7 Å². The minimum Gasteiger partial charge on any atom is -0.339 e. The number of nitriles is 1. The van der Waals surface area contributed by atoms with Crippen LogP contribution >= 0.6 is 0 Å². The number of amides is 3. The van der Waals surface area contributed by atoms with Crippen LogP contribution in [0.5, 0.6) is 0 Å². The van der Waals surface area contributed by atoms with Crippen molar-refractivity contribution >= 4 is 17.6 Å². The first-order valence-corrected chi connectivity index (χ1v) is 10.4. The van der Waals surface area contributed by atoms with E-state index in [1.54, 1.807) is 6.07 Å². The van der Waals surface area contributed by atoms with Crippen molar-refractivity contribution in [3.63, 3.8) is 0 Å². The first-order valence-electron chi connectivity index (χ1n) is 10.4. The monoisotopic (exact) mass is 404 g/mol. The van der Waals surface area contributed by atoms with Gasteiger partial charge in [0.25, 0.3) is 5.91 Å². The molecular weight excluding hydrogens is 376 g/mol. The molecule has 1 aliphatic heterocycles. The molecule has 0 unspecified atom stereocenters. The van der Waals surface area contributed by atoms with E-state index in [0.29, 0.717) is 42.4 Å². The maximum atomic E-state index is 13.2. The van der Waals surface area contributed by atoms with Gasteiger partial charge >= 0.3 is 6.03 Å². The van der Waals surface area contributed by atoms with E-state index in [-0.39, 0.29) is 11.9 Å². The van der Waals surface area contributed by atoms with Gasteiger partial charge < -0.3 is 15.5 Å². The van der Waals surface area contributed by atoms with Crippen LogP contribution in [0.1, 0.15) is 58.3 Å². The number of likely N-dealkylation sites (tertiary alicyclic amines) is 1. The molecule has 1 heterocycles. The highest BCUT2D eigenvalue weighted by Gasteiger charge is 2.26. The molecule has 6 nitrogen and oxygen atoms in total. The van der Waals surface area contributed by atoms with Crippen molar-refractivity contribution < 1.29 is 9.59 Å². The Bertz CT molecular complexity index is 968. The standard InChI is InChI=1S/C24H28N4O2/c1-4-26-24(30)27-22-14-21(16(2)13-17(22)3)23(29)28-11-9-20(10-12-28)19-7-5-18(15-25)6-8-19/h5-8,13-14,20H,4,9-12H2,1-3H3,(H2,26,27,30). The van der Waals surface area contributed by atoms with Gasteiger partial charge in [-0.1, -0.05) is 18.2 Å². The summed E-state index contributed by atoms with van der Waals surface area (Å²) in [6.07, 6.45) is 1.79. The summed E-state index contributed by atoms with van der Waals surface area (Å²) in [7, 11) is 0. The van der Waals surface area contributed by atoms with E-state index >= 15 is 0 Å². The fourth-order valence-electron chi connectivity index (χ4n) is 3.96. The number of carbonyl (C=O) groups excluding carboxylic acids is 2. The summed E-state index contributed by atoms with van der Waals surface area (Å²) in [6, 6.07) is 13.3. The van der Waals surface area contributed by atoms with Gasteiger partial charge in [-0.15, -0.1) is 0 Å². The molecule has 1 saturated heterocycles. The number of anilines is 1. The lowest BCUT2D eigenvalue weighted by Gasteiger charge is -2.33. The second-order valence-electron chi connectivity index (χ2n) is 7.77. The van der Waals surface area contributed by atoms with Gasteiger partial charge in [0.05, 0.1) is 11.6 Å². The molecule has 0 spiro atoms. The topological polar surface area (TPSA) is 85.2 Å². The fourth-order valence-corrected chi connectivity index (χ4v) is 3.96. The Morgan fingerprint density at radius 2 is 1.77 bits per heavy atom. The molecule has 1 fully saturated rings. The van der Waals surface area contributed by atoms with Crippen molar-refractivity contribution in [2.45, 2.75) is 39.5 Å². The van der Waals surface area contributed by atoms with Gasteiger partial charge in [0, 0.05) is 30.9 Å². The molecule has 0 aromatic heterocycles. The molecule has 2 aromatic carbocycles. The van der Waals surface area contributed by atoms with Gasteiger partial charge in [-0.05, 0) is 74.4 Å². The molecule has 0 saturated carbocycles. The lowest BCUT2D eigenvalue weighted by atomic mass is 9.88. The van der Waals surface area contributed by atoms with E-state index in [1.807, 2.05) is 56.0 Å². The predicted molar refractivity (Wildman–Crippen MR) is 118 cm³/mol. The molecular formula is C24H28N4O2. The number of hydrogen-bond acceptors (Lipinski definition) is 3. The van der Waals surface area contributed by atoms with Crippen LogP contribution < -0.4 is 10.6 Å². The summed E-state index contributed by atoms with van der Waals surface area (Å²) in [5.74, 6) is 0.403. The minimum absolute atomic E-state index is 0.00438. The molecule has 0 radical (unpaired) electrons. The van der Waals surface area contributed by atoms with E-state index in [4.69, 9.17) is 5.26 Å². The van der Waals surface area contributed by atoms with Gasteiger partial charge in [-0.2, -0.15) is 5.26 Å². The molecule has 3 amide bonds.